The second-order valence-corrected chi connectivity index (χ2v) is 4.61. The molecule has 0 bridgehead atoms. The van der Waals surface area contributed by atoms with Gasteiger partial charge in [-0.2, -0.15) is 5.10 Å². The molecule has 1 heterocycles. The maximum Gasteiger partial charge on any atom is 0.251 e. The Labute approximate surface area is 112 Å². The molecule has 0 radical (unpaired) electrons. The monoisotopic (exact) mass is 258 g/mol. The van der Waals surface area contributed by atoms with E-state index in [-0.39, 0.29) is 5.91 Å². The van der Waals surface area contributed by atoms with Gasteiger partial charge in [0.25, 0.3) is 5.91 Å². The SMILES string of the molecule is Cc1cnn(CCNC(=O)c2ccc(N)cc2C)c1. The van der Waals surface area contributed by atoms with E-state index in [2.05, 4.69) is 10.4 Å². The van der Waals surface area contributed by atoms with Crippen molar-refractivity contribution < 1.29 is 4.79 Å². The molecular formula is C14H18N4O. The normalized spacial score (nSPS) is 10.4. The molecule has 2 rings (SSSR count). The fourth-order valence-electron chi connectivity index (χ4n) is 1.91. The Morgan fingerprint density at radius 1 is 1.42 bits per heavy atom. The van der Waals surface area contributed by atoms with Gasteiger partial charge in [-0.1, -0.05) is 0 Å². The van der Waals surface area contributed by atoms with Gasteiger partial charge in [-0.3, -0.25) is 9.48 Å². The standard InChI is InChI=1S/C14H18N4O/c1-10-8-17-18(9-10)6-5-16-14(19)13-4-3-12(15)7-11(13)2/h3-4,7-9H,5-6,15H2,1-2H3,(H,16,19). The summed E-state index contributed by atoms with van der Waals surface area (Å²) in [4.78, 5) is 12.0. The topological polar surface area (TPSA) is 72.9 Å². The zero-order chi connectivity index (χ0) is 13.8. The minimum Gasteiger partial charge on any atom is -0.399 e. The summed E-state index contributed by atoms with van der Waals surface area (Å²) in [6.07, 6.45) is 3.74. The van der Waals surface area contributed by atoms with E-state index in [0.717, 1.165) is 11.1 Å². The molecular weight excluding hydrogens is 240 g/mol. The maximum atomic E-state index is 12.0. The number of carbonyl (C=O) groups is 1. The molecule has 100 valence electrons. The highest BCUT2D eigenvalue weighted by Crippen LogP contribution is 2.12. The average Bonchev–Trinajstić information content (AvgIpc) is 2.75. The van der Waals surface area contributed by atoms with Gasteiger partial charge in [0.2, 0.25) is 0 Å². The number of benzene rings is 1. The number of aryl methyl sites for hydroxylation is 2. The second-order valence-electron chi connectivity index (χ2n) is 4.61. The van der Waals surface area contributed by atoms with Gasteiger partial charge in [0.05, 0.1) is 12.7 Å². The number of anilines is 1. The van der Waals surface area contributed by atoms with Gasteiger partial charge in [-0.25, -0.2) is 0 Å². The summed E-state index contributed by atoms with van der Waals surface area (Å²) in [5.74, 6) is -0.0821. The van der Waals surface area contributed by atoms with E-state index in [9.17, 15) is 4.79 Å². The molecule has 1 aromatic heterocycles. The third-order valence-electron chi connectivity index (χ3n) is 2.88. The summed E-state index contributed by atoms with van der Waals surface area (Å²) < 4.78 is 1.81. The van der Waals surface area contributed by atoms with Gasteiger partial charge in [0, 0.05) is 24.0 Å². The predicted octanol–water partition coefficient (Wildman–Crippen LogP) is 1.51. The first-order chi connectivity index (χ1) is 9.06. The first-order valence-electron chi connectivity index (χ1n) is 6.19. The smallest absolute Gasteiger partial charge is 0.251 e. The number of nitrogens with zero attached hydrogens (tertiary/aromatic N) is 2. The largest absolute Gasteiger partial charge is 0.399 e. The molecule has 0 saturated carbocycles. The number of rotatable bonds is 4. The van der Waals surface area contributed by atoms with Crippen LogP contribution in [-0.2, 0) is 6.54 Å². The van der Waals surface area contributed by atoms with Crippen LogP contribution in [0.5, 0.6) is 0 Å². The van der Waals surface area contributed by atoms with Gasteiger partial charge < -0.3 is 11.1 Å². The highest BCUT2D eigenvalue weighted by Gasteiger charge is 2.08. The molecule has 0 aliphatic carbocycles. The fourth-order valence-corrected chi connectivity index (χ4v) is 1.91. The molecule has 0 saturated heterocycles. The van der Waals surface area contributed by atoms with Gasteiger partial charge in [0.15, 0.2) is 0 Å². The molecule has 5 nitrogen and oxygen atoms in total. The van der Waals surface area contributed by atoms with E-state index in [1.165, 1.54) is 0 Å². The van der Waals surface area contributed by atoms with E-state index in [1.807, 2.05) is 24.7 Å². The Morgan fingerprint density at radius 2 is 2.21 bits per heavy atom. The Bertz CT molecular complexity index is 589. The maximum absolute atomic E-state index is 12.0. The summed E-state index contributed by atoms with van der Waals surface area (Å²) in [5.41, 5.74) is 8.98. The minimum absolute atomic E-state index is 0.0821. The lowest BCUT2D eigenvalue weighted by Gasteiger charge is -2.08. The zero-order valence-electron chi connectivity index (χ0n) is 11.2. The van der Waals surface area contributed by atoms with E-state index < -0.39 is 0 Å². The van der Waals surface area contributed by atoms with Crippen LogP contribution in [-0.4, -0.2) is 22.2 Å². The lowest BCUT2D eigenvalue weighted by molar-refractivity contribution is 0.0951. The van der Waals surface area contributed by atoms with Crippen LogP contribution in [0.3, 0.4) is 0 Å². The highest BCUT2D eigenvalue weighted by molar-refractivity contribution is 5.95. The third kappa shape index (κ3) is 3.34. The highest BCUT2D eigenvalue weighted by atomic mass is 16.1. The number of nitrogen functional groups attached to an aromatic ring is 1. The minimum atomic E-state index is -0.0821. The number of hydrogen-bond acceptors (Lipinski definition) is 3. The molecule has 5 heteroatoms. The van der Waals surface area contributed by atoms with Gasteiger partial charge in [0.1, 0.15) is 0 Å². The summed E-state index contributed by atoms with van der Waals surface area (Å²) >= 11 is 0. The molecule has 1 amide bonds. The Kier molecular flexibility index (Phi) is 3.85. The van der Waals surface area contributed by atoms with Crippen LogP contribution < -0.4 is 11.1 Å². The molecule has 2 aromatic rings. The first-order valence-corrected chi connectivity index (χ1v) is 6.19. The fraction of sp³-hybridized carbons (Fsp3) is 0.286. The number of carbonyl (C=O) groups excluding carboxylic acids is 1. The van der Waals surface area contributed by atoms with Crippen molar-refractivity contribution >= 4 is 11.6 Å². The number of aromatic nitrogens is 2. The van der Waals surface area contributed by atoms with Crippen LogP contribution in [0.4, 0.5) is 5.69 Å². The average molecular weight is 258 g/mol. The van der Waals surface area contributed by atoms with Crippen LogP contribution in [0.25, 0.3) is 0 Å². The molecule has 0 atom stereocenters. The molecule has 0 aliphatic rings. The van der Waals surface area contributed by atoms with Crippen molar-refractivity contribution in [2.45, 2.75) is 20.4 Å². The van der Waals surface area contributed by atoms with Crippen molar-refractivity contribution in [3.63, 3.8) is 0 Å². The molecule has 3 N–H and O–H groups in total. The Morgan fingerprint density at radius 3 is 2.84 bits per heavy atom. The van der Waals surface area contributed by atoms with E-state index in [1.54, 1.807) is 24.4 Å². The van der Waals surface area contributed by atoms with Gasteiger partial charge >= 0.3 is 0 Å². The van der Waals surface area contributed by atoms with Crippen molar-refractivity contribution in [3.05, 3.63) is 47.3 Å². The lowest BCUT2D eigenvalue weighted by Crippen LogP contribution is -2.28. The summed E-state index contributed by atoms with van der Waals surface area (Å²) in [5, 5.41) is 7.04. The molecule has 19 heavy (non-hydrogen) atoms. The first kappa shape index (κ1) is 13.1. The number of hydrogen-bond donors (Lipinski definition) is 2. The zero-order valence-corrected chi connectivity index (χ0v) is 11.2. The van der Waals surface area contributed by atoms with Crippen LogP contribution in [0, 0.1) is 13.8 Å². The molecule has 0 unspecified atom stereocenters. The Balaban J connectivity index is 1.90. The van der Waals surface area contributed by atoms with E-state index >= 15 is 0 Å². The van der Waals surface area contributed by atoms with Crippen molar-refractivity contribution in [1.29, 1.82) is 0 Å². The number of nitrogens with two attached hydrogens (primary N) is 1. The summed E-state index contributed by atoms with van der Waals surface area (Å²) in [6, 6.07) is 5.28. The third-order valence-corrected chi connectivity index (χ3v) is 2.88. The van der Waals surface area contributed by atoms with Crippen molar-refractivity contribution in [3.8, 4) is 0 Å². The van der Waals surface area contributed by atoms with E-state index in [4.69, 9.17) is 5.73 Å². The molecule has 0 spiro atoms. The van der Waals surface area contributed by atoms with Crippen molar-refractivity contribution in [2.75, 3.05) is 12.3 Å². The summed E-state index contributed by atoms with van der Waals surface area (Å²) in [6.45, 7) is 5.07. The van der Waals surface area contributed by atoms with Gasteiger partial charge in [-0.05, 0) is 43.2 Å². The summed E-state index contributed by atoms with van der Waals surface area (Å²) in [7, 11) is 0. The van der Waals surface area contributed by atoms with Crippen LogP contribution in [0.2, 0.25) is 0 Å². The molecule has 0 fully saturated rings. The quantitative estimate of drug-likeness (QED) is 0.816. The van der Waals surface area contributed by atoms with Crippen molar-refractivity contribution in [1.82, 2.24) is 15.1 Å². The second kappa shape index (κ2) is 5.56. The molecule has 0 aliphatic heterocycles. The molecule has 1 aromatic carbocycles. The predicted molar refractivity (Wildman–Crippen MR) is 74.9 cm³/mol. The number of nitrogens with one attached hydrogen (secondary N) is 1. The van der Waals surface area contributed by atoms with E-state index in [0.29, 0.717) is 24.3 Å². The lowest BCUT2D eigenvalue weighted by atomic mass is 10.1. The number of amides is 1. The Hall–Kier alpha value is -2.30. The van der Waals surface area contributed by atoms with Gasteiger partial charge in [-0.15, -0.1) is 0 Å². The van der Waals surface area contributed by atoms with Crippen molar-refractivity contribution in [2.24, 2.45) is 0 Å². The van der Waals surface area contributed by atoms with Crippen LogP contribution >= 0.6 is 0 Å². The van der Waals surface area contributed by atoms with Crippen LogP contribution in [0.15, 0.2) is 30.6 Å². The van der Waals surface area contributed by atoms with Crippen LogP contribution in [0.1, 0.15) is 21.5 Å².